The van der Waals surface area contributed by atoms with Gasteiger partial charge < -0.3 is 0 Å². The Morgan fingerprint density at radius 1 is 1.00 bits per heavy atom. The van der Waals surface area contributed by atoms with E-state index in [4.69, 9.17) is 0 Å². The first-order chi connectivity index (χ1) is 9.66. The highest BCUT2D eigenvalue weighted by Gasteiger charge is 2.41. The van der Waals surface area contributed by atoms with Gasteiger partial charge in [0.15, 0.2) is 0 Å². The summed E-state index contributed by atoms with van der Waals surface area (Å²) in [6, 6.07) is 11.0. The molecule has 0 aromatic heterocycles. The Hall–Kier alpha value is -1.30. The topological polar surface area (TPSA) is 0 Å². The highest BCUT2D eigenvalue weighted by atomic mass is 14.5. The molecule has 2 atom stereocenters. The average molecular weight is 266 g/mol. The molecule has 20 heavy (non-hydrogen) atoms. The Labute approximate surface area is 123 Å². The van der Waals surface area contributed by atoms with Crippen LogP contribution in [0.1, 0.15) is 58.4 Å². The third-order valence-corrected chi connectivity index (χ3v) is 5.49. The van der Waals surface area contributed by atoms with E-state index in [2.05, 4.69) is 57.2 Å². The molecule has 2 unspecified atom stereocenters. The fourth-order valence-electron chi connectivity index (χ4n) is 4.22. The van der Waals surface area contributed by atoms with Gasteiger partial charge >= 0.3 is 0 Å². The molecule has 106 valence electrons. The number of rotatable bonds is 3. The van der Waals surface area contributed by atoms with E-state index in [0.717, 1.165) is 5.92 Å². The van der Waals surface area contributed by atoms with Crippen LogP contribution < -0.4 is 0 Å². The van der Waals surface area contributed by atoms with Crippen molar-refractivity contribution in [3.8, 4) is 0 Å². The predicted molar refractivity (Wildman–Crippen MR) is 87.5 cm³/mol. The summed E-state index contributed by atoms with van der Waals surface area (Å²) in [5.74, 6) is 0.822. The first kappa shape index (κ1) is 13.7. The molecule has 0 spiro atoms. The summed E-state index contributed by atoms with van der Waals surface area (Å²) in [7, 11) is 0. The number of allylic oxidation sites excluding steroid dienone is 4. The van der Waals surface area contributed by atoms with Crippen molar-refractivity contribution in [2.45, 2.75) is 52.9 Å². The molecular formula is C20H26. The van der Waals surface area contributed by atoms with Crippen LogP contribution in [0, 0.1) is 11.3 Å². The minimum Gasteiger partial charge on any atom is -0.0741 e. The quantitative estimate of drug-likeness (QED) is 0.588. The zero-order chi connectivity index (χ0) is 14.2. The maximum atomic E-state index is 2.59. The van der Waals surface area contributed by atoms with Crippen LogP contribution in [0.2, 0.25) is 0 Å². The number of fused-ring (bicyclic) bond motifs is 1. The van der Waals surface area contributed by atoms with Gasteiger partial charge in [0.05, 0.1) is 0 Å². The van der Waals surface area contributed by atoms with E-state index < -0.39 is 0 Å². The van der Waals surface area contributed by atoms with Crippen molar-refractivity contribution in [2.24, 2.45) is 11.3 Å². The summed E-state index contributed by atoms with van der Waals surface area (Å²) >= 11 is 0. The zero-order valence-corrected chi connectivity index (χ0v) is 13.1. The summed E-state index contributed by atoms with van der Waals surface area (Å²) in [5.41, 5.74) is 6.88. The second kappa shape index (κ2) is 5.24. The van der Waals surface area contributed by atoms with Crippen molar-refractivity contribution in [1.29, 1.82) is 0 Å². The lowest BCUT2D eigenvalue weighted by molar-refractivity contribution is 0.251. The van der Waals surface area contributed by atoms with Crippen LogP contribution in [-0.2, 0) is 0 Å². The van der Waals surface area contributed by atoms with Crippen molar-refractivity contribution < 1.29 is 0 Å². The summed E-state index contributed by atoms with van der Waals surface area (Å²) in [5, 5.41) is 0. The van der Waals surface area contributed by atoms with Crippen molar-refractivity contribution in [3.05, 3.63) is 53.1 Å². The summed E-state index contributed by atoms with van der Waals surface area (Å²) < 4.78 is 0. The third-order valence-electron chi connectivity index (χ3n) is 5.49. The van der Waals surface area contributed by atoms with E-state index in [1.807, 2.05) is 0 Å². The normalized spacial score (nSPS) is 29.4. The van der Waals surface area contributed by atoms with E-state index >= 15 is 0 Å². The van der Waals surface area contributed by atoms with E-state index in [1.54, 1.807) is 16.7 Å². The van der Waals surface area contributed by atoms with Gasteiger partial charge in [0.2, 0.25) is 0 Å². The van der Waals surface area contributed by atoms with E-state index in [9.17, 15) is 0 Å². The van der Waals surface area contributed by atoms with E-state index in [-0.39, 0.29) is 0 Å². The predicted octanol–water partition coefficient (Wildman–Crippen LogP) is 6.01. The number of hydrogen-bond acceptors (Lipinski definition) is 0. The van der Waals surface area contributed by atoms with E-state index in [0.29, 0.717) is 5.41 Å². The minimum absolute atomic E-state index is 0.398. The second-order valence-corrected chi connectivity index (χ2v) is 6.74. The third kappa shape index (κ3) is 2.26. The highest BCUT2D eigenvalue weighted by Crippen LogP contribution is 2.54. The lowest BCUT2D eigenvalue weighted by atomic mass is 9.66. The summed E-state index contributed by atoms with van der Waals surface area (Å²) in [6.45, 7) is 7.13. The molecule has 0 nitrogen and oxygen atoms in total. The monoisotopic (exact) mass is 266 g/mol. The van der Waals surface area contributed by atoms with Crippen molar-refractivity contribution in [1.82, 2.24) is 0 Å². The molecule has 0 bridgehead atoms. The van der Waals surface area contributed by atoms with Gasteiger partial charge in [0.1, 0.15) is 0 Å². The van der Waals surface area contributed by atoms with Gasteiger partial charge in [-0.2, -0.15) is 0 Å². The fourth-order valence-corrected chi connectivity index (χ4v) is 4.22. The minimum atomic E-state index is 0.398. The maximum absolute atomic E-state index is 2.59. The molecule has 1 aromatic carbocycles. The van der Waals surface area contributed by atoms with Crippen molar-refractivity contribution in [2.75, 3.05) is 0 Å². The summed E-state index contributed by atoms with van der Waals surface area (Å²) in [4.78, 5) is 0. The number of hydrogen-bond donors (Lipinski definition) is 0. The zero-order valence-electron chi connectivity index (χ0n) is 13.1. The van der Waals surface area contributed by atoms with Gasteiger partial charge in [0, 0.05) is 0 Å². The van der Waals surface area contributed by atoms with Crippen LogP contribution in [0.15, 0.2) is 47.6 Å². The lowest BCUT2D eigenvalue weighted by Gasteiger charge is -2.38. The van der Waals surface area contributed by atoms with Crippen LogP contribution >= 0.6 is 0 Å². The van der Waals surface area contributed by atoms with Crippen molar-refractivity contribution >= 4 is 5.57 Å². The molecule has 0 amide bonds. The largest absolute Gasteiger partial charge is 0.0741 e. The first-order valence-corrected chi connectivity index (χ1v) is 8.13. The molecule has 0 saturated heterocycles. The van der Waals surface area contributed by atoms with Gasteiger partial charge in [-0.3, -0.25) is 0 Å². The molecular weight excluding hydrogens is 240 g/mol. The molecule has 0 N–H and O–H groups in total. The van der Waals surface area contributed by atoms with Crippen LogP contribution in [0.3, 0.4) is 0 Å². The standard InChI is InChI=1S/C20H26/c1-4-15-11-19-12-18(17-9-7-6-8-10-17)14-20(19,3)13-16(15)5-2/h6-10,14,19H,4-5,11-13H2,1-3H3. The Balaban J connectivity index is 1.90. The molecule has 0 radical (unpaired) electrons. The van der Waals surface area contributed by atoms with Gasteiger partial charge in [-0.15, -0.1) is 0 Å². The highest BCUT2D eigenvalue weighted by molar-refractivity contribution is 5.69. The molecule has 3 rings (SSSR count). The van der Waals surface area contributed by atoms with Gasteiger partial charge in [0.25, 0.3) is 0 Å². The summed E-state index contributed by atoms with van der Waals surface area (Å²) in [6.07, 6.45) is 8.95. The Kier molecular flexibility index (Phi) is 3.58. The average Bonchev–Trinajstić information content (AvgIpc) is 2.83. The number of benzene rings is 1. The van der Waals surface area contributed by atoms with E-state index in [1.165, 1.54) is 37.7 Å². The molecule has 0 heteroatoms. The van der Waals surface area contributed by atoms with Gasteiger partial charge in [-0.25, -0.2) is 0 Å². The van der Waals surface area contributed by atoms with Gasteiger partial charge in [-0.1, -0.05) is 68.3 Å². The van der Waals surface area contributed by atoms with Crippen LogP contribution in [0.4, 0.5) is 0 Å². The van der Waals surface area contributed by atoms with Crippen LogP contribution in [-0.4, -0.2) is 0 Å². The maximum Gasteiger partial charge on any atom is -0.00688 e. The van der Waals surface area contributed by atoms with Gasteiger partial charge in [-0.05, 0) is 54.6 Å². The molecule has 2 aliphatic rings. The molecule has 0 saturated carbocycles. The molecule has 0 fully saturated rings. The smallest absolute Gasteiger partial charge is 0.00688 e. The molecule has 2 aliphatic carbocycles. The Bertz CT molecular complexity index is 547. The van der Waals surface area contributed by atoms with Crippen molar-refractivity contribution in [3.63, 3.8) is 0 Å². The Morgan fingerprint density at radius 3 is 2.35 bits per heavy atom. The van der Waals surface area contributed by atoms with Crippen LogP contribution in [0.25, 0.3) is 5.57 Å². The first-order valence-electron chi connectivity index (χ1n) is 8.13. The second-order valence-electron chi connectivity index (χ2n) is 6.74. The molecule has 1 aromatic rings. The molecule has 0 aliphatic heterocycles. The lowest BCUT2D eigenvalue weighted by Crippen LogP contribution is -2.27. The SMILES string of the molecule is CCC1=C(CC)CC2(C)C=C(c3ccccc3)CC2C1. The van der Waals surface area contributed by atoms with Crippen LogP contribution in [0.5, 0.6) is 0 Å². The Morgan fingerprint density at radius 2 is 1.70 bits per heavy atom. The molecule has 0 heterocycles. The fraction of sp³-hybridized carbons (Fsp3) is 0.500.